The summed E-state index contributed by atoms with van der Waals surface area (Å²) in [6, 6.07) is 8.66. The molecule has 2 aliphatic rings. The van der Waals surface area contributed by atoms with Gasteiger partial charge in [0.15, 0.2) is 0 Å². The van der Waals surface area contributed by atoms with E-state index in [0.717, 1.165) is 17.2 Å². The van der Waals surface area contributed by atoms with Crippen molar-refractivity contribution < 1.29 is 9.53 Å². The molecule has 0 radical (unpaired) electrons. The third-order valence-electron chi connectivity index (χ3n) is 4.54. The van der Waals surface area contributed by atoms with Crippen molar-refractivity contribution in [2.45, 2.75) is 51.8 Å². The lowest BCUT2D eigenvalue weighted by molar-refractivity contribution is 0.0523. The monoisotopic (exact) mass is 314 g/mol. The van der Waals surface area contributed by atoms with Gasteiger partial charge in [-0.1, -0.05) is 30.4 Å². The van der Waals surface area contributed by atoms with Crippen LogP contribution >= 0.6 is 0 Å². The number of hydrogen-bond acceptors (Lipinski definition) is 3. The summed E-state index contributed by atoms with van der Waals surface area (Å²) in [5.74, 6) is 1.50. The molecule has 0 saturated heterocycles. The van der Waals surface area contributed by atoms with Gasteiger partial charge in [-0.2, -0.15) is 0 Å². The van der Waals surface area contributed by atoms with E-state index >= 15 is 0 Å². The summed E-state index contributed by atoms with van der Waals surface area (Å²) in [5.41, 5.74) is 1.72. The molecule has 0 aromatic heterocycles. The average molecular weight is 314 g/mol. The van der Waals surface area contributed by atoms with Gasteiger partial charge in [0.2, 0.25) is 0 Å². The molecule has 23 heavy (non-hydrogen) atoms. The van der Waals surface area contributed by atoms with Gasteiger partial charge in [0.05, 0.1) is 0 Å². The van der Waals surface area contributed by atoms with Crippen LogP contribution in [0.5, 0.6) is 0 Å². The Morgan fingerprint density at radius 2 is 2.09 bits per heavy atom. The van der Waals surface area contributed by atoms with Crippen molar-refractivity contribution in [3.63, 3.8) is 0 Å². The van der Waals surface area contributed by atoms with Crippen LogP contribution in [0, 0.1) is 11.8 Å². The van der Waals surface area contributed by atoms with Crippen molar-refractivity contribution in [1.29, 1.82) is 0 Å². The van der Waals surface area contributed by atoms with Crippen molar-refractivity contribution >= 4 is 11.8 Å². The van der Waals surface area contributed by atoms with Crippen LogP contribution in [0.2, 0.25) is 0 Å². The molecule has 0 aliphatic heterocycles. The minimum atomic E-state index is -0.475. The van der Waals surface area contributed by atoms with Gasteiger partial charge in [-0.05, 0) is 51.2 Å². The van der Waals surface area contributed by atoms with Crippen LogP contribution < -0.4 is 10.6 Å². The molecule has 0 bridgehead atoms. The standard InChI is InChI=1S/C19H26N2O2/c1-19(2,3)23-18(22)20-12-14-7-4-5-10-16(14)21-17-11-13-8-6-9-15(13)17/h4-7,9-10,13,15,17,21H,8,11-12H2,1-3H3,(H,20,22). The normalized spacial score (nSPS) is 25.4. The van der Waals surface area contributed by atoms with Gasteiger partial charge in [-0.15, -0.1) is 0 Å². The third-order valence-corrected chi connectivity index (χ3v) is 4.54. The molecule has 4 nitrogen and oxygen atoms in total. The maximum atomic E-state index is 11.8. The number of alkyl carbamates (subject to hydrolysis) is 1. The Labute approximate surface area is 138 Å². The quantitative estimate of drug-likeness (QED) is 0.823. The molecule has 3 rings (SSSR count). The molecule has 4 heteroatoms. The second-order valence-corrected chi connectivity index (χ2v) is 7.50. The van der Waals surface area contributed by atoms with E-state index in [2.05, 4.69) is 28.9 Å². The summed E-state index contributed by atoms with van der Waals surface area (Å²) < 4.78 is 5.29. The van der Waals surface area contributed by atoms with E-state index in [0.29, 0.717) is 18.5 Å². The van der Waals surface area contributed by atoms with Crippen molar-refractivity contribution in [3.8, 4) is 0 Å². The maximum absolute atomic E-state index is 11.8. The molecule has 124 valence electrons. The fourth-order valence-electron chi connectivity index (χ4n) is 3.38. The van der Waals surface area contributed by atoms with Gasteiger partial charge in [0.25, 0.3) is 0 Å². The number of benzene rings is 1. The van der Waals surface area contributed by atoms with Crippen molar-refractivity contribution in [1.82, 2.24) is 5.32 Å². The Balaban J connectivity index is 1.58. The number of carbonyl (C=O) groups is 1. The van der Waals surface area contributed by atoms with Gasteiger partial charge in [-0.3, -0.25) is 0 Å². The Kier molecular flexibility index (Phi) is 4.33. The zero-order valence-electron chi connectivity index (χ0n) is 14.1. The highest BCUT2D eigenvalue weighted by Gasteiger charge is 2.41. The molecular weight excluding hydrogens is 288 g/mol. The number of anilines is 1. The highest BCUT2D eigenvalue weighted by Crippen LogP contribution is 2.44. The van der Waals surface area contributed by atoms with Crippen molar-refractivity contribution in [3.05, 3.63) is 42.0 Å². The average Bonchev–Trinajstić information content (AvgIpc) is 2.83. The molecule has 3 atom stereocenters. The molecule has 1 saturated carbocycles. The molecule has 1 aromatic carbocycles. The minimum absolute atomic E-state index is 0.380. The van der Waals surface area contributed by atoms with Gasteiger partial charge in [-0.25, -0.2) is 4.79 Å². The first-order valence-electron chi connectivity index (χ1n) is 8.40. The second-order valence-electron chi connectivity index (χ2n) is 7.50. The number of carbonyl (C=O) groups excluding carboxylic acids is 1. The third kappa shape index (κ3) is 3.87. The Hall–Kier alpha value is -1.97. The number of para-hydroxylation sites is 1. The molecule has 2 N–H and O–H groups in total. The summed E-state index contributed by atoms with van der Waals surface area (Å²) in [4.78, 5) is 11.8. The van der Waals surface area contributed by atoms with Gasteiger partial charge in [0.1, 0.15) is 5.60 Å². The van der Waals surface area contributed by atoms with E-state index in [-0.39, 0.29) is 6.09 Å². The number of fused-ring (bicyclic) bond motifs is 1. The van der Waals surface area contributed by atoms with E-state index < -0.39 is 5.60 Å². The van der Waals surface area contributed by atoms with E-state index in [1.54, 1.807) is 0 Å². The lowest BCUT2D eigenvalue weighted by atomic mass is 9.71. The minimum Gasteiger partial charge on any atom is -0.444 e. The van der Waals surface area contributed by atoms with Gasteiger partial charge < -0.3 is 15.4 Å². The molecule has 1 aromatic rings. The fraction of sp³-hybridized carbons (Fsp3) is 0.526. The maximum Gasteiger partial charge on any atom is 0.407 e. The molecule has 2 aliphatic carbocycles. The highest BCUT2D eigenvalue weighted by molar-refractivity contribution is 5.68. The Bertz CT molecular complexity index is 604. The number of rotatable bonds is 4. The molecule has 3 unspecified atom stereocenters. The Morgan fingerprint density at radius 1 is 1.30 bits per heavy atom. The van der Waals surface area contributed by atoms with Crippen LogP contribution in [0.1, 0.15) is 39.2 Å². The smallest absolute Gasteiger partial charge is 0.407 e. The van der Waals surface area contributed by atoms with E-state index in [9.17, 15) is 4.79 Å². The molecule has 0 spiro atoms. The number of ether oxygens (including phenoxy) is 1. The molecular formula is C19H26N2O2. The van der Waals surface area contributed by atoms with Crippen LogP contribution in [-0.2, 0) is 11.3 Å². The second kappa shape index (κ2) is 6.26. The summed E-state index contributed by atoms with van der Waals surface area (Å²) in [6.45, 7) is 6.06. The zero-order valence-corrected chi connectivity index (χ0v) is 14.1. The summed E-state index contributed by atoms with van der Waals surface area (Å²) >= 11 is 0. The first-order valence-corrected chi connectivity index (χ1v) is 8.40. The van der Waals surface area contributed by atoms with Crippen LogP contribution in [0.4, 0.5) is 10.5 Å². The first-order chi connectivity index (χ1) is 10.9. The van der Waals surface area contributed by atoms with E-state index in [1.165, 1.54) is 12.8 Å². The lowest BCUT2D eigenvalue weighted by Gasteiger charge is -2.41. The predicted octanol–water partition coefficient (Wildman–Crippen LogP) is 4.09. The van der Waals surface area contributed by atoms with Crippen LogP contribution in [0.25, 0.3) is 0 Å². The highest BCUT2D eigenvalue weighted by atomic mass is 16.6. The predicted molar refractivity (Wildman–Crippen MR) is 92.3 cm³/mol. The summed E-state index contributed by atoms with van der Waals surface area (Å²) in [6.07, 6.45) is 6.71. The number of nitrogens with one attached hydrogen (secondary N) is 2. The van der Waals surface area contributed by atoms with E-state index in [1.807, 2.05) is 39.0 Å². The largest absolute Gasteiger partial charge is 0.444 e. The summed E-state index contributed by atoms with van der Waals surface area (Å²) in [5, 5.41) is 6.48. The molecule has 0 heterocycles. The lowest BCUT2D eigenvalue weighted by Crippen LogP contribution is -2.43. The topological polar surface area (TPSA) is 50.4 Å². The van der Waals surface area contributed by atoms with Crippen molar-refractivity contribution in [2.75, 3.05) is 5.32 Å². The van der Waals surface area contributed by atoms with Crippen LogP contribution in [0.15, 0.2) is 36.4 Å². The number of amides is 1. The molecule has 1 fully saturated rings. The van der Waals surface area contributed by atoms with Crippen LogP contribution in [0.3, 0.4) is 0 Å². The number of allylic oxidation sites excluding steroid dienone is 1. The number of hydrogen-bond donors (Lipinski definition) is 2. The van der Waals surface area contributed by atoms with Crippen LogP contribution in [-0.4, -0.2) is 17.7 Å². The first kappa shape index (κ1) is 15.9. The SMILES string of the molecule is CC(C)(C)OC(=O)NCc1ccccc1NC1CC2CC=CC21. The zero-order chi connectivity index (χ0) is 16.4. The van der Waals surface area contributed by atoms with Gasteiger partial charge in [0, 0.05) is 24.2 Å². The van der Waals surface area contributed by atoms with Gasteiger partial charge >= 0.3 is 6.09 Å². The van der Waals surface area contributed by atoms with Crippen molar-refractivity contribution in [2.24, 2.45) is 11.8 Å². The molecule has 1 amide bonds. The summed E-state index contributed by atoms with van der Waals surface area (Å²) in [7, 11) is 0. The van der Waals surface area contributed by atoms with E-state index in [4.69, 9.17) is 4.74 Å². The Morgan fingerprint density at radius 3 is 2.83 bits per heavy atom. The fourth-order valence-corrected chi connectivity index (χ4v) is 3.38.